The summed E-state index contributed by atoms with van der Waals surface area (Å²) in [6.07, 6.45) is 3.03. The van der Waals surface area contributed by atoms with Gasteiger partial charge in [0.25, 0.3) is 0 Å². The van der Waals surface area contributed by atoms with Crippen LogP contribution in [0.25, 0.3) is 0 Å². The van der Waals surface area contributed by atoms with Gasteiger partial charge in [-0.3, -0.25) is 0 Å². The van der Waals surface area contributed by atoms with E-state index in [1.165, 1.54) is 4.31 Å². The first-order chi connectivity index (χ1) is 9.07. The summed E-state index contributed by atoms with van der Waals surface area (Å²) in [7, 11) is -3.53. The predicted molar refractivity (Wildman–Crippen MR) is 74.7 cm³/mol. The van der Waals surface area contributed by atoms with Crippen LogP contribution in [0, 0.1) is 0 Å². The van der Waals surface area contributed by atoms with Crippen molar-refractivity contribution in [3.05, 3.63) is 29.3 Å². The number of aliphatic hydroxyl groups excluding tert-OH is 1. The average molecular weight is 304 g/mol. The number of aliphatic hydroxyl groups is 1. The SMILES string of the molecule is O=S(=O)(c1ccccc1Cl)N1CCCC1CCCO. The molecule has 1 aromatic rings. The molecule has 1 saturated heterocycles. The van der Waals surface area contributed by atoms with E-state index in [0.717, 1.165) is 12.8 Å². The van der Waals surface area contributed by atoms with Crippen LogP contribution in [-0.4, -0.2) is 37.0 Å². The maximum absolute atomic E-state index is 12.6. The lowest BCUT2D eigenvalue weighted by Gasteiger charge is -2.24. The van der Waals surface area contributed by atoms with Crippen LogP contribution in [0.2, 0.25) is 5.02 Å². The number of benzene rings is 1. The molecule has 0 aliphatic carbocycles. The molecule has 0 amide bonds. The Labute approximate surface area is 119 Å². The van der Waals surface area contributed by atoms with Crippen LogP contribution in [0.5, 0.6) is 0 Å². The first-order valence-corrected chi connectivity index (χ1v) is 8.26. The van der Waals surface area contributed by atoms with Crippen molar-refractivity contribution in [2.24, 2.45) is 0 Å². The zero-order chi connectivity index (χ0) is 13.9. The second-order valence-electron chi connectivity index (χ2n) is 4.71. The fourth-order valence-corrected chi connectivity index (χ4v) is 4.74. The van der Waals surface area contributed by atoms with E-state index in [0.29, 0.717) is 19.4 Å². The number of nitrogens with zero attached hydrogens (tertiary/aromatic N) is 1. The maximum Gasteiger partial charge on any atom is 0.244 e. The maximum atomic E-state index is 12.6. The third kappa shape index (κ3) is 3.11. The van der Waals surface area contributed by atoms with Crippen molar-refractivity contribution in [3.8, 4) is 0 Å². The van der Waals surface area contributed by atoms with Gasteiger partial charge in [0.1, 0.15) is 4.90 Å². The van der Waals surface area contributed by atoms with Crippen molar-refractivity contribution in [3.63, 3.8) is 0 Å². The molecule has 19 heavy (non-hydrogen) atoms. The lowest BCUT2D eigenvalue weighted by atomic mass is 10.1. The highest BCUT2D eigenvalue weighted by Gasteiger charge is 2.35. The first-order valence-electron chi connectivity index (χ1n) is 6.44. The van der Waals surface area contributed by atoms with Gasteiger partial charge in [0.2, 0.25) is 10.0 Å². The van der Waals surface area contributed by atoms with E-state index in [4.69, 9.17) is 16.7 Å². The minimum atomic E-state index is -3.53. The van der Waals surface area contributed by atoms with E-state index >= 15 is 0 Å². The van der Waals surface area contributed by atoms with Crippen molar-refractivity contribution in [1.82, 2.24) is 4.31 Å². The Balaban J connectivity index is 2.26. The molecular weight excluding hydrogens is 286 g/mol. The minimum absolute atomic E-state index is 0.0200. The van der Waals surface area contributed by atoms with Gasteiger partial charge in [-0.15, -0.1) is 0 Å². The first kappa shape index (κ1) is 14.8. The highest BCUT2D eigenvalue weighted by atomic mass is 35.5. The molecule has 1 N–H and O–H groups in total. The zero-order valence-electron chi connectivity index (χ0n) is 10.6. The fraction of sp³-hybridized carbons (Fsp3) is 0.538. The van der Waals surface area contributed by atoms with Gasteiger partial charge in [-0.25, -0.2) is 8.42 Å². The molecule has 0 radical (unpaired) electrons. The molecular formula is C13H18ClNO3S. The molecule has 1 fully saturated rings. The largest absolute Gasteiger partial charge is 0.396 e. The Morgan fingerprint density at radius 2 is 2.11 bits per heavy atom. The molecule has 1 aromatic carbocycles. The van der Waals surface area contributed by atoms with E-state index in [2.05, 4.69) is 0 Å². The lowest BCUT2D eigenvalue weighted by Crippen LogP contribution is -2.35. The number of hydrogen-bond donors (Lipinski definition) is 1. The number of halogens is 1. The average Bonchev–Trinajstić information content (AvgIpc) is 2.85. The van der Waals surface area contributed by atoms with E-state index < -0.39 is 10.0 Å². The standard InChI is InChI=1S/C13H18ClNO3S/c14-12-7-1-2-8-13(12)19(17,18)15-9-3-5-11(15)6-4-10-16/h1-2,7-8,11,16H,3-6,9-10H2. The minimum Gasteiger partial charge on any atom is -0.396 e. The molecule has 1 atom stereocenters. The molecule has 1 unspecified atom stereocenters. The Hall–Kier alpha value is -0.620. The van der Waals surface area contributed by atoms with Crippen molar-refractivity contribution in [2.75, 3.05) is 13.2 Å². The number of rotatable bonds is 5. The Kier molecular flexibility index (Phi) is 4.84. The quantitative estimate of drug-likeness (QED) is 0.908. The molecule has 0 saturated carbocycles. The topological polar surface area (TPSA) is 57.6 Å². The predicted octanol–water partition coefficient (Wildman–Crippen LogP) is 2.27. The van der Waals surface area contributed by atoms with Crippen LogP contribution in [0.1, 0.15) is 25.7 Å². The Morgan fingerprint density at radius 1 is 1.37 bits per heavy atom. The third-order valence-electron chi connectivity index (χ3n) is 3.44. The molecule has 0 bridgehead atoms. The van der Waals surface area contributed by atoms with Crippen LogP contribution in [-0.2, 0) is 10.0 Å². The van der Waals surface area contributed by atoms with Gasteiger partial charge in [-0.1, -0.05) is 23.7 Å². The van der Waals surface area contributed by atoms with Crippen LogP contribution in [0.4, 0.5) is 0 Å². The van der Waals surface area contributed by atoms with Gasteiger partial charge in [0.05, 0.1) is 5.02 Å². The molecule has 106 valence electrons. The second kappa shape index (κ2) is 6.22. The van der Waals surface area contributed by atoms with Crippen LogP contribution < -0.4 is 0 Å². The van der Waals surface area contributed by atoms with E-state index in [1.807, 2.05) is 0 Å². The van der Waals surface area contributed by atoms with E-state index in [9.17, 15) is 8.42 Å². The molecule has 1 aliphatic rings. The third-order valence-corrected chi connectivity index (χ3v) is 5.89. The Morgan fingerprint density at radius 3 is 2.79 bits per heavy atom. The number of sulfonamides is 1. The molecule has 2 rings (SSSR count). The second-order valence-corrected chi connectivity index (χ2v) is 6.97. The number of hydrogen-bond acceptors (Lipinski definition) is 3. The van der Waals surface area contributed by atoms with Gasteiger partial charge >= 0.3 is 0 Å². The van der Waals surface area contributed by atoms with Crippen molar-refractivity contribution in [2.45, 2.75) is 36.6 Å². The summed E-state index contributed by atoms with van der Waals surface area (Å²) in [4.78, 5) is 0.174. The summed E-state index contributed by atoms with van der Waals surface area (Å²) >= 11 is 5.99. The van der Waals surface area contributed by atoms with Crippen LogP contribution in [0.3, 0.4) is 0 Å². The summed E-state index contributed by atoms with van der Waals surface area (Å²) < 4.78 is 26.7. The van der Waals surface area contributed by atoms with Crippen LogP contribution >= 0.6 is 11.6 Å². The van der Waals surface area contributed by atoms with Crippen LogP contribution in [0.15, 0.2) is 29.2 Å². The summed E-state index contributed by atoms with van der Waals surface area (Å²) in [5.41, 5.74) is 0. The van der Waals surface area contributed by atoms with Crippen molar-refractivity contribution >= 4 is 21.6 Å². The zero-order valence-corrected chi connectivity index (χ0v) is 12.2. The van der Waals surface area contributed by atoms with Gasteiger partial charge in [-0.05, 0) is 37.8 Å². The van der Waals surface area contributed by atoms with Crippen molar-refractivity contribution in [1.29, 1.82) is 0 Å². The molecule has 1 aliphatic heterocycles. The van der Waals surface area contributed by atoms with Gasteiger partial charge in [-0.2, -0.15) is 4.31 Å². The fourth-order valence-electron chi connectivity index (χ4n) is 2.52. The molecule has 1 heterocycles. The normalized spacial score (nSPS) is 20.8. The highest BCUT2D eigenvalue weighted by Crippen LogP contribution is 2.31. The van der Waals surface area contributed by atoms with Crippen molar-refractivity contribution < 1.29 is 13.5 Å². The summed E-state index contributed by atoms with van der Waals surface area (Å²) in [5, 5.41) is 9.15. The summed E-state index contributed by atoms with van der Waals surface area (Å²) in [6, 6.07) is 6.51. The summed E-state index contributed by atoms with van der Waals surface area (Å²) in [5.74, 6) is 0. The molecule has 4 nitrogen and oxygen atoms in total. The van der Waals surface area contributed by atoms with E-state index in [1.54, 1.807) is 24.3 Å². The van der Waals surface area contributed by atoms with E-state index in [-0.39, 0.29) is 22.6 Å². The van der Waals surface area contributed by atoms with Gasteiger partial charge in [0, 0.05) is 19.2 Å². The Bertz CT molecular complexity index is 532. The summed E-state index contributed by atoms with van der Waals surface area (Å²) in [6.45, 7) is 0.625. The molecule has 6 heteroatoms. The smallest absolute Gasteiger partial charge is 0.244 e. The molecule has 0 spiro atoms. The monoisotopic (exact) mass is 303 g/mol. The van der Waals surface area contributed by atoms with Gasteiger partial charge in [0.15, 0.2) is 0 Å². The molecule has 0 aromatic heterocycles. The van der Waals surface area contributed by atoms with Gasteiger partial charge < -0.3 is 5.11 Å². The highest BCUT2D eigenvalue weighted by molar-refractivity contribution is 7.89. The lowest BCUT2D eigenvalue weighted by molar-refractivity contribution is 0.264.